The first kappa shape index (κ1) is 21.9. The molecular formula is C21H28N2O4S2. The Balaban J connectivity index is 1.58. The van der Waals surface area contributed by atoms with Gasteiger partial charge in [0.15, 0.2) is 9.84 Å². The van der Waals surface area contributed by atoms with Crippen molar-refractivity contribution < 1.29 is 18.0 Å². The van der Waals surface area contributed by atoms with Crippen LogP contribution in [0.5, 0.6) is 0 Å². The molecule has 0 saturated carbocycles. The zero-order chi connectivity index (χ0) is 21.0. The molecule has 2 N–H and O–H groups in total. The number of allylic oxidation sites excluding steroid dienone is 1. The number of thioether (sulfide) groups is 1. The predicted molar refractivity (Wildman–Crippen MR) is 116 cm³/mol. The van der Waals surface area contributed by atoms with E-state index in [1.165, 1.54) is 36.2 Å². The Bertz CT molecular complexity index is 925. The maximum absolute atomic E-state index is 12.9. The summed E-state index contributed by atoms with van der Waals surface area (Å²) in [4.78, 5) is 25.1. The number of hydrogen-bond donors (Lipinski definition) is 2. The molecule has 0 radical (unpaired) electrons. The molecule has 1 aromatic carbocycles. The summed E-state index contributed by atoms with van der Waals surface area (Å²) in [5.41, 5.74) is 1.89. The molecule has 0 spiro atoms. The fourth-order valence-electron chi connectivity index (χ4n) is 3.53. The van der Waals surface area contributed by atoms with Gasteiger partial charge in [-0.1, -0.05) is 11.6 Å². The molecule has 0 bridgehead atoms. The van der Waals surface area contributed by atoms with E-state index in [0.717, 1.165) is 24.2 Å². The molecule has 0 saturated heterocycles. The lowest BCUT2D eigenvalue weighted by molar-refractivity contribution is -0.121. The molecule has 0 aromatic heterocycles. The van der Waals surface area contributed by atoms with Crippen molar-refractivity contribution in [3.63, 3.8) is 0 Å². The minimum absolute atomic E-state index is 0.0867. The van der Waals surface area contributed by atoms with Crippen molar-refractivity contribution in [2.24, 2.45) is 0 Å². The Morgan fingerprint density at radius 2 is 2.14 bits per heavy atom. The van der Waals surface area contributed by atoms with Crippen LogP contribution in [0.2, 0.25) is 0 Å². The number of carbonyl (C=O) groups is 2. The van der Waals surface area contributed by atoms with Gasteiger partial charge in [0.25, 0.3) is 0 Å². The molecule has 2 unspecified atom stereocenters. The van der Waals surface area contributed by atoms with Gasteiger partial charge in [-0.05, 0) is 64.2 Å². The van der Waals surface area contributed by atoms with Gasteiger partial charge in [0.1, 0.15) is 0 Å². The van der Waals surface area contributed by atoms with E-state index in [4.69, 9.17) is 0 Å². The second-order valence-corrected chi connectivity index (χ2v) is 11.4. The van der Waals surface area contributed by atoms with Gasteiger partial charge in [0.2, 0.25) is 11.8 Å². The first-order chi connectivity index (χ1) is 13.8. The van der Waals surface area contributed by atoms with Crippen LogP contribution in [-0.2, 0) is 19.4 Å². The Hall–Kier alpha value is -1.80. The second kappa shape index (κ2) is 9.34. The lowest BCUT2D eigenvalue weighted by Crippen LogP contribution is -2.31. The number of carbonyl (C=O) groups excluding carboxylic acids is 2. The molecule has 1 aliphatic heterocycles. The van der Waals surface area contributed by atoms with Crippen molar-refractivity contribution in [2.75, 3.05) is 11.9 Å². The van der Waals surface area contributed by atoms with Crippen LogP contribution in [0, 0.1) is 0 Å². The zero-order valence-corrected chi connectivity index (χ0v) is 18.5. The normalized spacial score (nSPS) is 20.3. The van der Waals surface area contributed by atoms with Gasteiger partial charge in [-0.3, -0.25) is 9.59 Å². The fraction of sp³-hybridized carbons (Fsp3) is 0.524. The summed E-state index contributed by atoms with van der Waals surface area (Å²) in [6.07, 6.45) is 7.62. The quantitative estimate of drug-likeness (QED) is 0.636. The highest BCUT2D eigenvalue weighted by Crippen LogP contribution is 2.37. The molecule has 0 fully saturated rings. The van der Waals surface area contributed by atoms with E-state index in [9.17, 15) is 18.0 Å². The van der Waals surface area contributed by atoms with Gasteiger partial charge in [0, 0.05) is 17.9 Å². The van der Waals surface area contributed by atoms with Crippen molar-refractivity contribution in [3.8, 4) is 0 Å². The summed E-state index contributed by atoms with van der Waals surface area (Å²) < 4.78 is 25.8. The number of hydrogen-bond acceptors (Lipinski definition) is 5. The summed E-state index contributed by atoms with van der Waals surface area (Å²) in [5.74, 6) is -0.398. The van der Waals surface area contributed by atoms with Gasteiger partial charge in [-0.25, -0.2) is 8.42 Å². The SMILES string of the molecule is CC1Sc2ccc(S(=O)(=O)C(C)CC(=O)NCCC3=CCCCC3)cc2NC1=O. The van der Waals surface area contributed by atoms with Gasteiger partial charge in [-0.2, -0.15) is 0 Å². The van der Waals surface area contributed by atoms with Gasteiger partial charge >= 0.3 is 0 Å². The minimum Gasteiger partial charge on any atom is -0.356 e. The van der Waals surface area contributed by atoms with Gasteiger partial charge < -0.3 is 10.6 Å². The summed E-state index contributed by atoms with van der Waals surface area (Å²) in [5, 5.41) is 4.53. The van der Waals surface area contributed by atoms with Gasteiger partial charge in [0.05, 0.1) is 21.1 Å². The molecule has 8 heteroatoms. The average Bonchev–Trinajstić information content (AvgIpc) is 2.69. The van der Waals surface area contributed by atoms with E-state index in [0.29, 0.717) is 12.2 Å². The van der Waals surface area contributed by atoms with Crippen LogP contribution in [0.3, 0.4) is 0 Å². The molecule has 1 aromatic rings. The van der Waals surface area contributed by atoms with Crippen LogP contribution in [-0.4, -0.2) is 37.3 Å². The number of nitrogens with one attached hydrogen (secondary N) is 2. The first-order valence-corrected chi connectivity index (χ1v) is 12.5. The summed E-state index contributed by atoms with van der Waals surface area (Å²) in [7, 11) is -3.68. The topological polar surface area (TPSA) is 92.3 Å². The highest BCUT2D eigenvalue weighted by molar-refractivity contribution is 8.01. The van der Waals surface area contributed by atoms with Crippen molar-refractivity contribution in [2.45, 2.75) is 72.7 Å². The number of fused-ring (bicyclic) bond motifs is 1. The second-order valence-electron chi connectivity index (χ2n) is 7.68. The van der Waals surface area contributed by atoms with Crippen molar-refractivity contribution in [1.82, 2.24) is 5.32 Å². The molecule has 1 heterocycles. The van der Waals surface area contributed by atoms with Crippen LogP contribution in [0.15, 0.2) is 39.6 Å². The van der Waals surface area contributed by atoms with E-state index < -0.39 is 15.1 Å². The van der Waals surface area contributed by atoms with E-state index in [1.807, 2.05) is 0 Å². The fourth-order valence-corrected chi connectivity index (χ4v) is 5.84. The highest BCUT2D eigenvalue weighted by Gasteiger charge is 2.29. The van der Waals surface area contributed by atoms with E-state index in [1.54, 1.807) is 26.0 Å². The lowest BCUT2D eigenvalue weighted by atomic mass is 9.97. The number of rotatable bonds is 7. The number of benzene rings is 1. The molecule has 158 valence electrons. The molecule has 29 heavy (non-hydrogen) atoms. The minimum atomic E-state index is -3.68. The van der Waals surface area contributed by atoms with Crippen molar-refractivity contribution in [3.05, 3.63) is 29.8 Å². The van der Waals surface area contributed by atoms with Crippen LogP contribution in [0.4, 0.5) is 5.69 Å². The van der Waals surface area contributed by atoms with Crippen molar-refractivity contribution in [1.29, 1.82) is 0 Å². The van der Waals surface area contributed by atoms with E-state index in [-0.39, 0.29) is 28.4 Å². The monoisotopic (exact) mass is 436 g/mol. The smallest absolute Gasteiger partial charge is 0.237 e. The molecule has 2 aliphatic rings. The molecule has 2 atom stereocenters. The number of anilines is 1. The molecule has 1 aliphatic carbocycles. The first-order valence-electron chi connectivity index (χ1n) is 10.1. The standard InChI is InChI=1S/C21H28N2O4S2/c1-14(12-20(24)22-11-10-16-6-4-3-5-7-16)29(26,27)17-8-9-19-18(13-17)23-21(25)15(2)28-19/h6,8-9,13-15H,3-5,7,10-12H2,1-2H3,(H,22,24)(H,23,25). The van der Waals surface area contributed by atoms with Crippen LogP contribution < -0.4 is 10.6 Å². The Kier molecular flexibility index (Phi) is 7.05. The van der Waals surface area contributed by atoms with Gasteiger partial charge in [-0.15, -0.1) is 11.8 Å². The number of sulfone groups is 1. The maximum atomic E-state index is 12.9. The third-order valence-corrected chi connectivity index (χ3v) is 8.68. The third-order valence-electron chi connectivity index (χ3n) is 5.37. The number of amides is 2. The molecule has 6 nitrogen and oxygen atoms in total. The molecular weight excluding hydrogens is 408 g/mol. The maximum Gasteiger partial charge on any atom is 0.237 e. The molecule has 2 amide bonds. The Morgan fingerprint density at radius 3 is 2.86 bits per heavy atom. The summed E-state index contributed by atoms with van der Waals surface area (Å²) in [6.45, 7) is 3.89. The predicted octanol–water partition coefficient (Wildman–Crippen LogP) is 3.68. The Labute approximate surface area is 176 Å². The zero-order valence-electron chi connectivity index (χ0n) is 16.9. The van der Waals surface area contributed by atoms with Crippen LogP contribution in [0.1, 0.15) is 52.4 Å². The summed E-state index contributed by atoms with van der Waals surface area (Å²) >= 11 is 1.40. The summed E-state index contributed by atoms with van der Waals surface area (Å²) in [6, 6.07) is 4.76. The Morgan fingerprint density at radius 1 is 1.34 bits per heavy atom. The third kappa shape index (κ3) is 5.42. The average molecular weight is 437 g/mol. The highest BCUT2D eigenvalue weighted by atomic mass is 32.2. The molecule has 3 rings (SSSR count). The van der Waals surface area contributed by atoms with Crippen molar-refractivity contribution >= 4 is 39.1 Å². The van der Waals surface area contributed by atoms with E-state index in [2.05, 4.69) is 16.7 Å². The lowest BCUT2D eigenvalue weighted by Gasteiger charge is -2.22. The largest absolute Gasteiger partial charge is 0.356 e. The van der Waals surface area contributed by atoms with Crippen LogP contribution >= 0.6 is 11.8 Å². The van der Waals surface area contributed by atoms with E-state index >= 15 is 0 Å². The van der Waals surface area contributed by atoms with Crippen LogP contribution in [0.25, 0.3) is 0 Å².